The molecule has 0 saturated carbocycles. The molecule has 0 aromatic carbocycles. The molecule has 1 heterocycles. The molecule has 0 aromatic rings. The fourth-order valence-electron chi connectivity index (χ4n) is 1.15. The summed E-state index contributed by atoms with van der Waals surface area (Å²) in [4.78, 5) is 11.0. The first-order valence-electron chi connectivity index (χ1n) is 3.98. The van der Waals surface area contributed by atoms with Crippen molar-refractivity contribution in [3.8, 4) is 0 Å². The number of ether oxygens (including phenoxy) is 2. The Hall–Kier alpha value is -0.820. The Bertz CT molecular complexity index is 219. The topological polar surface area (TPSA) is 47.6 Å². The number of amides is 1. The Labute approximate surface area is 78.4 Å². The molecule has 0 spiro atoms. The first-order chi connectivity index (χ1) is 6.46. The third-order valence-corrected chi connectivity index (χ3v) is 1.78. The SMILES string of the molecule is CNC(=O)[C@@H]1OCCO[C@@H]1C(F)(F)F. The lowest BCUT2D eigenvalue weighted by molar-refractivity contribution is -0.272. The van der Waals surface area contributed by atoms with E-state index in [1.54, 1.807) is 0 Å². The lowest BCUT2D eigenvalue weighted by Crippen LogP contribution is -2.54. The second-order valence-electron chi connectivity index (χ2n) is 2.74. The van der Waals surface area contributed by atoms with Gasteiger partial charge in [0.25, 0.3) is 5.91 Å². The molecular weight excluding hydrogens is 203 g/mol. The van der Waals surface area contributed by atoms with Crippen molar-refractivity contribution < 1.29 is 27.4 Å². The van der Waals surface area contributed by atoms with E-state index in [-0.39, 0.29) is 13.2 Å². The van der Waals surface area contributed by atoms with E-state index in [0.29, 0.717) is 0 Å². The fourth-order valence-corrected chi connectivity index (χ4v) is 1.15. The van der Waals surface area contributed by atoms with E-state index in [9.17, 15) is 18.0 Å². The van der Waals surface area contributed by atoms with Crippen LogP contribution in [0.2, 0.25) is 0 Å². The van der Waals surface area contributed by atoms with Crippen LogP contribution in [0, 0.1) is 0 Å². The quantitative estimate of drug-likeness (QED) is 0.671. The van der Waals surface area contributed by atoms with Crippen LogP contribution in [0.25, 0.3) is 0 Å². The van der Waals surface area contributed by atoms with Crippen molar-refractivity contribution in [2.75, 3.05) is 20.3 Å². The number of alkyl halides is 3. The van der Waals surface area contributed by atoms with E-state index >= 15 is 0 Å². The van der Waals surface area contributed by atoms with Crippen LogP contribution in [0.5, 0.6) is 0 Å². The molecule has 7 heteroatoms. The first-order valence-corrected chi connectivity index (χ1v) is 3.98. The molecule has 0 aliphatic carbocycles. The molecule has 1 N–H and O–H groups in total. The lowest BCUT2D eigenvalue weighted by atomic mass is 10.1. The molecule has 1 fully saturated rings. The maximum absolute atomic E-state index is 12.3. The predicted octanol–water partition coefficient (Wildman–Crippen LogP) is 0.0787. The zero-order valence-corrected chi connectivity index (χ0v) is 7.43. The van der Waals surface area contributed by atoms with Crippen molar-refractivity contribution in [2.24, 2.45) is 0 Å². The van der Waals surface area contributed by atoms with Gasteiger partial charge in [-0.15, -0.1) is 0 Å². The number of hydrogen-bond acceptors (Lipinski definition) is 3. The average molecular weight is 213 g/mol. The monoisotopic (exact) mass is 213 g/mol. The second-order valence-corrected chi connectivity index (χ2v) is 2.74. The summed E-state index contributed by atoms with van der Waals surface area (Å²) in [6.07, 6.45) is -8.36. The number of rotatable bonds is 1. The van der Waals surface area contributed by atoms with Gasteiger partial charge in [0.1, 0.15) is 0 Å². The van der Waals surface area contributed by atoms with E-state index < -0.39 is 24.3 Å². The predicted molar refractivity (Wildman–Crippen MR) is 39.6 cm³/mol. The molecule has 82 valence electrons. The van der Waals surface area contributed by atoms with Gasteiger partial charge in [0.15, 0.2) is 12.2 Å². The zero-order valence-electron chi connectivity index (χ0n) is 7.43. The van der Waals surface area contributed by atoms with Gasteiger partial charge in [0.05, 0.1) is 13.2 Å². The molecule has 0 aromatic heterocycles. The van der Waals surface area contributed by atoms with Crippen molar-refractivity contribution in [1.29, 1.82) is 0 Å². The molecule has 14 heavy (non-hydrogen) atoms. The number of likely N-dealkylation sites (N-methyl/N-ethyl adjacent to an activating group) is 1. The number of hydrogen-bond donors (Lipinski definition) is 1. The van der Waals surface area contributed by atoms with E-state index in [1.807, 2.05) is 0 Å². The highest BCUT2D eigenvalue weighted by Crippen LogP contribution is 2.28. The van der Waals surface area contributed by atoms with Crippen molar-refractivity contribution in [3.05, 3.63) is 0 Å². The largest absolute Gasteiger partial charge is 0.417 e. The molecule has 2 atom stereocenters. The average Bonchev–Trinajstić information content (AvgIpc) is 2.15. The summed E-state index contributed by atoms with van der Waals surface area (Å²) >= 11 is 0. The van der Waals surface area contributed by atoms with Crippen molar-refractivity contribution in [1.82, 2.24) is 5.32 Å². The fraction of sp³-hybridized carbons (Fsp3) is 0.857. The molecule has 0 bridgehead atoms. The van der Waals surface area contributed by atoms with E-state index in [4.69, 9.17) is 4.74 Å². The van der Waals surface area contributed by atoms with Crippen LogP contribution < -0.4 is 5.32 Å². The number of nitrogens with one attached hydrogen (secondary N) is 1. The van der Waals surface area contributed by atoms with Crippen LogP contribution in [-0.4, -0.2) is 44.6 Å². The summed E-state index contributed by atoms with van der Waals surface area (Å²) in [6, 6.07) is 0. The van der Waals surface area contributed by atoms with Crippen LogP contribution in [0.1, 0.15) is 0 Å². The minimum Gasteiger partial charge on any atom is -0.363 e. The van der Waals surface area contributed by atoms with E-state index in [1.165, 1.54) is 7.05 Å². The number of carbonyl (C=O) groups excluding carboxylic acids is 1. The Morgan fingerprint density at radius 2 is 1.93 bits per heavy atom. The van der Waals surface area contributed by atoms with Crippen LogP contribution in [0.3, 0.4) is 0 Å². The Balaban J connectivity index is 2.74. The van der Waals surface area contributed by atoms with E-state index in [2.05, 4.69) is 10.1 Å². The molecule has 1 aliphatic rings. The van der Waals surface area contributed by atoms with Gasteiger partial charge in [0.2, 0.25) is 0 Å². The molecule has 1 saturated heterocycles. The first kappa shape index (κ1) is 11.3. The summed E-state index contributed by atoms with van der Waals surface area (Å²) in [5.74, 6) is -0.827. The third-order valence-electron chi connectivity index (χ3n) is 1.78. The highest BCUT2D eigenvalue weighted by Gasteiger charge is 2.50. The van der Waals surface area contributed by atoms with Crippen molar-refractivity contribution in [2.45, 2.75) is 18.4 Å². The minimum absolute atomic E-state index is 0.00926. The normalized spacial score (nSPS) is 28.6. The van der Waals surface area contributed by atoms with Crippen molar-refractivity contribution in [3.63, 3.8) is 0 Å². The maximum Gasteiger partial charge on any atom is 0.417 e. The highest BCUT2D eigenvalue weighted by molar-refractivity contribution is 5.81. The van der Waals surface area contributed by atoms with Gasteiger partial charge in [-0.05, 0) is 0 Å². The van der Waals surface area contributed by atoms with Gasteiger partial charge in [-0.3, -0.25) is 4.79 Å². The highest BCUT2D eigenvalue weighted by atomic mass is 19.4. The molecule has 4 nitrogen and oxygen atoms in total. The third kappa shape index (κ3) is 2.36. The standard InChI is InChI=1S/C7H10F3NO3/c1-11-6(12)4-5(7(8,9)10)14-3-2-13-4/h4-5H,2-3H2,1H3,(H,11,12)/t4-,5+/m1/s1. The summed E-state index contributed by atoms with van der Waals surface area (Å²) in [7, 11) is 1.24. The minimum atomic E-state index is -4.59. The van der Waals surface area contributed by atoms with Gasteiger partial charge in [-0.2, -0.15) is 13.2 Å². The smallest absolute Gasteiger partial charge is 0.363 e. The maximum atomic E-state index is 12.3. The molecule has 1 aliphatic heterocycles. The Morgan fingerprint density at radius 3 is 2.43 bits per heavy atom. The summed E-state index contributed by atoms with van der Waals surface area (Å²) in [5.41, 5.74) is 0. The van der Waals surface area contributed by atoms with Crippen molar-refractivity contribution >= 4 is 5.91 Å². The summed E-state index contributed by atoms with van der Waals surface area (Å²) < 4.78 is 46.1. The Kier molecular flexibility index (Phi) is 3.33. The van der Waals surface area contributed by atoms with Crippen LogP contribution in [0.15, 0.2) is 0 Å². The van der Waals surface area contributed by atoms with Gasteiger partial charge in [0, 0.05) is 7.05 Å². The van der Waals surface area contributed by atoms with Gasteiger partial charge < -0.3 is 14.8 Å². The number of halogens is 3. The lowest BCUT2D eigenvalue weighted by Gasteiger charge is -2.31. The van der Waals surface area contributed by atoms with Gasteiger partial charge in [-0.25, -0.2) is 0 Å². The summed E-state index contributed by atoms with van der Waals surface area (Å²) in [5, 5.41) is 2.09. The second kappa shape index (κ2) is 4.14. The van der Waals surface area contributed by atoms with Crippen LogP contribution in [-0.2, 0) is 14.3 Å². The molecule has 0 radical (unpaired) electrons. The van der Waals surface area contributed by atoms with Gasteiger partial charge in [-0.1, -0.05) is 0 Å². The molecule has 1 rings (SSSR count). The molecular formula is C7H10F3NO3. The zero-order chi connectivity index (χ0) is 10.8. The van der Waals surface area contributed by atoms with Gasteiger partial charge >= 0.3 is 6.18 Å². The number of carbonyl (C=O) groups is 1. The van der Waals surface area contributed by atoms with E-state index in [0.717, 1.165) is 0 Å². The Morgan fingerprint density at radius 1 is 1.36 bits per heavy atom. The van der Waals surface area contributed by atoms with Crippen LogP contribution in [0.4, 0.5) is 13.2 Å². The summed E-state index contributed by atoms with van der Waals surface area (Å²) in [6.45, 7) is -0.164. The molecule has 0 unspecified atom stereocenters. The molecule has 1 amide bonds. The van der Waals surface area contributed by atoms with Crippen LogP contribution >= 0.6 is 0 Å².